The Morgan fingerprint density at radius 1 is 1.07 bits per heavy atom. The maximum atomic E-state index is 2.49. The Morgan fingerprint density at radius 2 is 1.71 bits per heavy atom. The van der Waals surface area contributed by atoms with Crippen LogP contribution >= 0.6 is 0 Å². The molecule has 1 aliphatic rings. The van der Waals surface area contributed by atoms with E-state index in [0.29, 0.717) is 0 Å². The minimum atomic E-state index is -1.14. The fraction of sp³-hybridized carbons (Fsp3) is 0.385. The molecule has 73 valence electrons. The molecular formula is C13H17Zr. The molecule has 0 spiro atoms. The summed E-state index contributed by atoms with van der Waals surface area (Å²) in [6.45, 7) is 4.48. The van der Waals surface area contributed by atoms with E-state index in [1.807, 2.05) is 0 Å². The number of benzene rings is 1. The third-order valence-corrected chi connectivity index (χ3v) is 7.35. The predicted octanol–water partition coefficient (Wildman–Crippen LogP) is 4.09. The first-order chi connectivity index (χ1) is 6.61. The quantitative estimate of drug-likeness (QED) is 0.717. The number of hydrogen-bond acceptors (Lipinski definition) is 0. The summed E-state index contributed by atoms with van der Waals surface area (Å²) in [4.78, 5) is 0. The Kier molecular flexibility index (Phi) is 2.79. The van der Waals surface area contributed by atoms with E-state index >= 15 is 0 Å². The number of aryl methyl sites for hydroxylation is 2. The molecule has 0 nitrogen and oxygen atoms in total. The number of hydrogen-bond donors (Lipinski definition) is 0. The van der Waals surface area contributed by atoms with Gasteiger partial charge in [-0.1, -0.05) is 0 Å². The molecule has 0 aromatic heterocycles. The third kappa shape index (κ3) is 1.56. The van der Waals surface area contributed by atoms with Crippen molar-refractivity contribution in [1.29, 1.82) is 0 Å². The van der Waals surface area contributed by atoms with Crippen LogP contribution in [-0.2, 0) is 21.8 Å². The van der Waals surface area contributed by atoms with Crippen molar-refractivity contribution < 1.29 is 21.8 Å². The van der Waals surface area contributed by atoms with Crippen molar-refractivity contribution in [3.05, 3.63) is 40.5 Å². The van der Waals surface area contributed by atoms with Crippen molar-refractivity contribution in [3.63, 3.8) is 0 Å². The summed E-state index contributed by atoms with van der Waals surface area (Å²) in [5, 5.41) is 0. The zero-order valence-corrected chi connectivity index (χ0v) is 11.8. The van der Waals surface area contributed by atoms with Gasteiger partial charge in [0.2, 0.25) is 0 Å². The summed E-state index contributed by atoms with van der Waals surface area (Å²) in [6, 6.07) is 4.52. The van der Waals surface area contributed by atoms with Crippen molar-refractivity contribution in [2.24, 2.45) is 0 Å². The van der Waals surface area contributed by atoms with E-state index in [9.17, 15) is 0 Å². The molecule has 1 aromatic carbocycles. The van der Waals surface area contributed by atoms with E-state index in [0.717, 1.165) is 3.63 Å². The van der Waals surface area contributed by atoms with E-state index < -0.39 is 21.8 Å². The minimum absolute atomic E-state index is 0.826. The summed E-state index contributed by atoms with van der Waals surface area (Å²) in [7, 11) is 0. The molecule has 0 saturated carbocycles. The molecule has 0 radical (unpaired) electrons. The molecule has 0 bridgehead atoms. The monoisotopic (exact) mass is 263 g/mol. The zero-order chi connectivity index (χ0) is 10.3. The van der Waals surface area contributed by atoms with Gasteiger partial charge in [-0.05, 0) is 0 Å². The first-order valence-electron chi connectivity index (χ1n) is 5.19. The SMILES string of the molecule is Cc1ccc(C)c2c1C=C[CH]2[Zr]([CH3])[CH3]. The summed E-state index contributed by atoms with van der Waals surface area (Å²) in [5.74, 6) is 0. The molecule has 0 saturated heterocycles. The van der Waals surface area contributed by atoms with Gasteiger partial charge in [-0.25, -0.2) is 0 Å². The Morgan fingerprint density at radius 3 is 2.36 bits per heavy atom. The summed E-state index contributed by atoms with van der Waals surface area (Å²) in [6.07, 6.45) is 4.79. The Hall–Kier alpha value is -0.157. The van der Waals surface area contributed by atoms with Crippen molar-refractivity contribution in [2.75, 3.05) is 0 Å². The first kappa shape index (κ1) is 10.4. The standard InChI is InChI=1S/C11H11.2CH3.Zr/c1-8-6-7-9(2)11-5-3-4-10(8)11;;;/h3-7H,1-2H3;2*1H3;. The van der Waals surface area contributed by atoms with Gasteiger partial charge in [0.25, 0.3) is 0 Å². The van der Waals surface area contributed by atoms with E-state index in [2.05, 4.69) is 47.4 Å². The van der Waals surface area contributed by atoms with Crippen molar-refractivity contribution >= 4 is 6.08 Å². The van der Waals surface area contributed by atoms with Gasteiger partial charge >= 0.3 is 95.0 Å². The summed E-state index contributed by atoms with van der Waals surface area (Å²) < 4.78 is 5.81. The Bertz CT molecular complexity index is 388. The van der Waals surface area contributed by atoms with Gasteiger partial charge in [-0.2, -0.15) is 0 Å². The summed E-state index contributed by atoms with van der Waals surface area (Å²) in [5.41, 5.74) is 6.08. The second-order valence-corrected chi connectivity index (χ2v) is 11.3. The molecule has 1 heteroatoms. The molecule has 14 heavy (non-hydrogen) atoms. The van der Waals surface area contributed by atoms with Crippen LogP contribution in [0.3, 0.4) is 0 Å². The van der Waals surface area contributed by atoms with E-state index in [1.54, 1.807) is 5.56 Å². The fourth-order valence-electron chi connectivity index (χ4n) is 2.26. The van der Waals surface area contributed by atoms with Crippen molar-refractivity contribution in [2.45, 2.75) is 26.7 Å². The summed E-state index contributed by atoms with van der Waals surface area (Å²) >= 11 is -1.14. The molecule has 0 N–H and O–H groups in total. The Labute approximate surface area is 94.7 Å². The number of fused-ring (bicyclic) bond motifs is 1. The zero-order valence-electron chi connectivity index (χ0n) is 9.39. The van der Waals surface area contributed by atoms with Crippen LogP contribution in [0.4, 0.5) is 0 Å². The average molecular weight is 265 g/mol. The van der Waals surface area contributed by atoms with Gasteiger partial charge in [-0.3, -0.25) is 0 Å². The number of rotatable bonds is 1. The first-order valence-corrected chi connectivity index (χ1v) is 11.5. The van der Waals surface area contributed by atoms with E-state index in [-0.39, 0.29) is 0 Å². The fourth-order valence-corrected chi connectivity index (χ4v) is 5.80. The van der Waals surface area contributed by atoms with Gasteiger partial charge in [0.15, 0.2) is 0 Å². The predicted molar refractivity (Wildman–Crippen MR) is 59.4 cm³/mol. The molecule has 1 aromatic rings. The van der Waals surface area contributed by atoms with E-state index in [1.165, 1.54) is 16.7 Å². The molecule has 0 aliphatic heterocycles. The number of allylic oxidation sites excluding steroid dienone is 1. The van der Waals surface area contributed by atoms with Crippen molar-refractivity contribution in [1.82, 2.24) is 0 Å². The molecule has 1 unspecified atom stereocenters. The van der Waals surface area contributed by atoms with Crippen LogP contribution in [0.5, 0.6) is 0 Å². The second-order valence-electron chi connectivity index (χ2n) is 4.44. The topological polar surface area (TPSA) is 0 Å². The van der Waals surface area contributed by atoms with Crippen LogP contribution in [0.1, 0.15) is 25.9 Å². The second kappa shape index (κ2) is 3.78. The van der Waals surface area contributed by atoms with E-state index in [4.69, 9.17) is 0 Å². The van der Waals surface area contributed by atoms with Crippen molar-refractivity contribution in [3.8, 4) is 0 Å². The Balaban J connectivity index is 2.58. The van der Waals surface area contributed by atoms with Crippen LogP contribution in [0.25, 0.3) is 6.08 Å². The molecule has 0 amide bonds. The molecule has 0 fully saturated rings. The van der Waals surface area contributed by atoms with Crippen LogP contribution in [0, 0.1) is 13.8 Å². The molecule has 1 aliphatic carbocycles. The maximum absolute atomic E-state index is 2.49. The van der Waals surface area contributed by atoms with Gasteiger partial charge in [-0.15, -0.1) is 0 Å². The molecule has 0 heterocycles. The molecular weight excluding hydrogens is 247 g/mol. The van der Waals surface area contributed by atoms with Gasteiger partial charge in [0.05, 0.1) is 0 Å². The van der Waals surface area contributed by atoms with Gasteiger partial charge < -0.3 is 0 Å². The van der Waals surface area contributed by atoms with Gasteiger partial charge in [0.1, 0.15) is 0 Å². The van der Waals surface area contributed by atoms with Gasteiger partial charge in [0, 0.05) is 0 Å². The molecule has 1 atom stereocenters. The van der Waals surface area contributed by atoms with Crippen LogP contribution in [0.15, 0.2) is 18.2 Å². The van der Waals surface area contributed by atoms with Crippen LogP contribution < -0.4 is 0 Å². The normalized spacial score (nSPS) is 18.4. The molecule has 2 rings (SSSR count). The van der Waals surface area contributed by atoms with Crippen LogP contribution in [-0.4, -0.2) is 0 Å². The van der Waals surface area contributed by atoms with Crippen LogP contribution in [0.2, 0.25) is 9.26 Å². The average Bonchev–Trinajstić information content (AvgIpc) is 2.56. The third-order valence-electron chi connectivity index (χ3n) is 3.11.